The molecular weight excluding hydrogens is 530 g/mol. The molecular formula is C29H31N5O5S. The Balaban J connectivity index is 1.41. The summed E-state index contributed by atoms with van der Waals surface area (Å²) in [5.41, 5.74) is 1.79. The molecule has 1 fully saturated rings. The van der Waals surface area contributed by atoms with Gasteiger partial charge in [0.1, 0.15) is 16.3 Å². The van der Waals surface area contributed by atoms with Crippen LogP contribution in [-0.2, 0) is 19.6 Å². The molecule has 10 nitrogen and oxygen atoms in total. The molecule has 2 aromatic heterocycles. The highest BCUT2D eigenvalue weighted by Crippen LogP contribution is 2.20. The van der Waals surface area contributed by atoms with Gasteiger partial charge in [0.05, 0.1) is 12.6 Å². The summed E-state index contributed by atoms with van der Waals surface area (Å²) in [7, 11) is -2.41. The third-order valence-corrected chi connectivity index (χ3v) is 7.82. The fourth-order valence-corrected chi connectivity index (χ4v) is 5.40. The van der Waals surface area contributed by atoms with E-state index in [0.717, 1.165) is 5.69 Å². The molecule has 0 saturated carbocycles. The summed E-state index contributed by atoms with van der Waals surface area (Å²) in [6, 6.07) is 13.8. The van der Waals surface area contributed by atoms with Gasteiger partial charge in [-0.15, -0.1) is 0 Å². The summed E-state index contributed by atoms with van der Waals surface area (Å²) in [5.74, 6) is -0.181. The van der Waals surface area contributed by atoms with Gasteiger partial charge < -0.3 is 14.5 Å². The number of nitrogens with zero attached hydrogens (tertiary/aromatic N) is 4. The Morgan fingerprint density at radius 1 is 1.05 bits per heavy atom. The predicted octanol–water partition coefficient (Wildman–Crippen LogP) is 2.84. The minimum absolute atomic E-state index is 0.0542. The molecule has 0 aliphatic carbocycles. The molecule has 0 unspecified atom stereocenters. The van der Waals surface area contributed by atoms with Crippen LogP contribution in [0.1, 0.15) is 16.2 Å². The number of carbonyl (C=O) groups is 2. The van der Waals surface area contributed by atoms with E-state index in [0.29, 0.717) is 42.8 Å². The number of ether oxygens (including phenoxy) is 1. The van der Waals surface area contributed by atoms with E-state index in [9.17, 15) is 18.0 Å². The number of fused-ring (bicyclic) bond motifs is 1. The summed E-state index contributed by atoms with van der Waals surface area (Å²) in [4.78, 5) is 38.1. The predicted molar refractivity (Wildman–Crippen MR) is 152 cm³/mol. The molecule has 3 heterocycles. The van der Waals surface area contributed by atoms with E-state index < -0.39 is 10.0 Å². The molecule has 40 heavy (non-hydrogen) atoms. The Morgan fingerprint density at radius 3 is 2.48 bits per heavy atom. The number of benzene rings is 1. The largest absolute Gasteiger partial charge is 0.497 e. The number of methoxy groups -OCH3 is 1. The zero-order valence-corrected chi connectivity index (χ0v) is 23.2. The number of pyridine rings is 2. The minimum Gasteiger partial charge on any atom is -0.497 e. The van der Waals surface area contributed by atoms with E-state index in [4.69, 9.17) is 4.74 Å². The quantitative estimate of drug-likeness (QED) is 0.242. The molecule has 1 saturated heterocycles. The standard InChI is InChI=1S/C29H31N5O5S/c1-21-8-4-12-25(32-21)29(36)34-18-16-33(17-19-34)28(35)24(20-22(2)39-3)11-7-15-31-40(37,38)26-13-5-9-23-10-6-14-30-27(23)26/h4-14,20,31H,2,15-19H2,1,3H3/b11-7-,24-20+. The van der Waals surface area contributed by atoms with Gasteiger partial charge in [-0.05, 0) is 37.3 Å². The van der Waals surface area contributed by atoms with Gasteiger partial charge in [-0.1, -0.05) is 43.0 Å². The average molecular weight is 562 g/mol. The van der Waals surface area contributed by atoms with Gasteiger partial charge in [-0.3, -0.25) is 14.6 Å². The number of amides is 2. The Bertz CT molecular complexity index is 1590. The maximum atomic E-state index is 13.3. The smallest absolute Gasteiger partial charge is 0.272 e. The molecule has 1 aromatic carbocycles. The zero-order chi connectivity index (χ0) is 28.7. The number of piperazine rings is 1. The van der Waals surface area contributed by atoms with E-state index in [2.05, 4.69) is 21.3 Å². The van der Waals surface area contributed by atoms with Crippen LogP contribution in [0.4, 0.5) is 0 Å². The van der Waals surface area contributed by atoms with Crippen molar-refractivity contribution in [1.29, 1.82) is 0 Å². The highest BCUT2D eigenvalue weighted by molar-refractivity contribution is 7.89. The SMILES string of the molecule is C=C(/C=C(\C=C/CNS(=O)(=O)c1cccc2cccnc12)C(=O)N1CCN(C(=O)c2cccc(C)n2)CC1)OC. The van der Waals surface area contributed by atoms with Crippen LogP contribution >= 0.6 is 0 Å². The van der Waals surface area contributed by atoms with E-state index in [-0.39, 0.29) is 34.6 Å². The van der Waals surface area contributed by atoms with Crippen molar-refractivity contribution in [2.45, 2.75) is 11.8 Å². The molecule has 11 heteroatoms. The Labute approximate surface area is 233 Å². The van der Waals surface area contributed by atoms with Gasteiger partial charge in [-0.2, -0.15) is 0 Å². The second kappa shape index (κ2) is 12.7. The third kappa shape index (κ3) is 6.80. The van der Waals surface area contributed by atoms with Crippen LogP contribution in [-0.4, -0.2) is 79.8 Å². The van der Waals surface area contributed by atoms with Crippen LogP contribution in [0.5, 0.6) is 0 Å². The van der Waals surface area contributed by atoms with E-state index in [1.807, 2.05) is 13.0 Å². The number of hydrogen-bond acceptors (Lipinski definition) is 7. The fraction of sp³-hybridized carbons (Fsp3) is 0.241. The van der Waals surface area contributed by atoms with E-state index in [1.54, 1.807) is 58.5 Å². The normalized spacial score (nSPS) is 14.5. The summed E-state index contributed by atoms with van der Waals surface area (Å²) < 4.78 is 33.6. The molecule has 208 valence electrons. The van der Waals surface area contributed by atoms with Crippen molar-refractivity contribution in [3.05, 3.63) is 102 Å². The molecule has 2 amide bonds. The summed E-state index contributed by atoms with van der Waals surface area (Å²) >= 11 is 0. The summed E-state index contributed by atoms with van der Waals surface area (Å²) in [5, 5.41) is 0.715. The van der Waals surface area contributed by atoms with Gasteiger partial charge in [0.25, 0.3) is 11.8 Å². The molecule has 0 bridgehead atoms. The number of hydrogen-bond donors (Lipinski definition) is 1. The highest BCUT2D eigenvalue weighted by Gasteiger charge is 2.26. The maximum absolute atomic E-state index is 13.3. The molecule has 0 atom stereocenters. The second-order valence-electron chi connectivity index (χ2n) is 9.10. The summed E-state index contributed by atoms with van der Waals surface area (Å²) in [6.07, 6.45) is 6.12. The van der Waals surface area contributed by atoms with Crippen LogP contribution in [0, 0.1) is 6.92 Å². The number of aromatic nitrogens is 2. The van der Waals surface area contributed by atoms with Crippen LogP contribution in [0.25, 0.3) is 10.9 Å². The van der Waals surface area contributed by atoms with E-state index in [1.165, 1.54) is 25.3 Å². The van der Waals surface area contributed by atoms with Crippen molar-refractivity contribution in [2.24, 2.45) is 0 Å². The van der Waals surface area contributed by atoms with Gasteiger partial charge in [-0.25, -0.2) is 18.1 Å². The number of rotatable bonds is 9. The van der Waals surface area contributed by atoms with Crippen molar-refractivity contribution >= 4 is 32.7 Å². The topological polar surface area (TPSA) is 122 Å². The first-order valence-electron chi connectivity index (χ1n) is 12.7. The summed E-state index contributed by atoms with van der Waals surface area (Å²) in [6.45, 7) is 6.94. The van der Waals surface area contributed by atoms with Gasteiger partial charge >= 0.3 is 0 Å². The van der Waals surface area contributed by atoms with Crippen molar-refractivity contribution in [3.63, 3.8) is 0 Å². The lowest BCUT2D eigenvalue weighted by Crippen LogP contribution is -2.51. The molecule has 4 rings (SSSR count). The lowest BCUT2D eigenvalue weighted by molar-refractivity contribution is -0.128. The Hall–Kier alpha value is -4.35. The Morgan fingerprint density at radius 2 is 1.75 bits per heavy atom. The van der Waals surface area contributed by atoms with Crippen molar-refractivity contribution in [1.82, 2.24) is 24.5 Å². The van der Waals surface area contributed by atoms with Gasteiger partial charge in [0, 0.05) is 55.6 Å². The number of carbonyl (C=O) groups excluding carboxylic acids is 2. The number of sulfonamides is 1. The first-order chi connectivity index (χ1) is 19.2. The van der Waals surface area contributed by atoms with Gasteiger partial charge in [0.15, 0.2) is 0 Å². The highest BCUT2D eigenvalue weighted by atomic mass is 32.2. The molecule has 0 radical (unpaired) electrons. The number of nitrogens with one attached hydrogen (secondary N) is 1. The maximum Gasteiger partial charge on any atom is 0.272 e. The molecule has 1 aliphatic rings. The van der Waals surface area contributed by atoms with Crippen molar-refractivity contribution in [2.75, 3.05) is 39.8 Å². The van der Waals surface area contributed by atoms with E-state index >= 15 is 0 Å². The van der Waals surface area contributed by atoms with Crippen LogP contribution in [0.2, 0.25) is 0 Å². The van der Waals surface area contributed by atoms with Crippen LogP contribution in [0.15, 0.2) is 95.8 Å². The van der Waals surface area contributed by atoms with Crippen LogP contribution in [0.3, 0.4) is 0 Å². The third-order valence-electron chi connectivity index (χ3n) is 6.36. The van der Waals surface area contributed by atoms with Crippen LogP contribution < -0.4 is 4.72 Å². The number of allylic oxidation sites excluding steroid dienone is 1. The number of para-hydroxylation sites is 1. The molecule has 0 spiro atoms. The first-order valence-corrected chi connectivity index (χ1v) is 14.1. The average Bonchev–Trinajstić information content (AvgIpc) is 2.97. The monoisotopic (exact) mass is 561 g/mol. The van der Waals surface area contributed by atoms with Crippen molar-refractivity contribution in [3.8, 4) is 0 Å². The molecule has 3 aromatic rings. The van der Waals surface area contributed by atoms with Crippen molar-refractivity contribution < 1.29 is 22.7 Å². The fourth-order valence-electron chi connectivity index (χ4n) is 4.25. The first kappa shape index (κ1) is 28.7. The minimum atomic E-state index is -3.86. The lowest BCUT2D eigenvalue weighted by atomic mass is 10.1. The second-order valence-corrected chi connectivity index (χ2v) is 10.8. The lowest BCUT2D eigenvalue weighted by Gasteiger charge is -2.34. The zero-order valence-electron chi connectivity index (χ0n) is 22.4. The Kier molecular flexibility index (Phi) is 9.08. The van der Waals surface area contributed by atoms with Gasteiger partial charge in [0.2, 0.25) is 10.0 Å². The number of aryl methyl sites for hydroxylation is 1. The molecule has 1 N–H and O–H groups in total. The molecule has 1 aliphatic heterocycles.